The average Bonchev–Trinajstić information content (AvgIpc) is 3.25. The molecule has 0 spiro atoms. The highest BCUT2D eigenvalue weighted by Gasteiger charge is 2.38. The van der Waals surface area contributed by atoms with Gasteiger partial charge in [0.15, 0.2) is 5.17 Å². The van der Waals surface area contributed by atoms with E-state index in [-0.39, 0.29) is 5.91 Å². The van der Waals surface area contributed by atoms with Crippen LogP contribution in [0.15, 0.2) is 74.9 Å². The first kappa shape index (κ1) is 20.4. The number of rotatable bonds is 5. The molecule has 0 unspecified atom stereocenters. The molecule has 1 amide bonds. The number of methoxy groups -OCH3 is 2. The SMILES string of the molecule is C=CCN1C(=O)/C(=C2/Sc3ccc(OC)cc3N2C)SC1=Nc1ccc(OC)cc1. The molecule has 2 heterocycles. The minimum absolute atomic E-state index is 0.0683. The molecule has 8 heteroatoms. The minimum atomic E-state index is -0.0683. The standard InChI is InChI=1S/C22H21N3O3S2/c1-5-12-25-20(26)19(30-22(25)23-14-6-8-15(27-3)9-7-14)21-24(2)17-13-16(28-4)10-11-18(17)29-21/h5-11,13H,1,12H2,2-4H3/b21-19-,23-22?. The molecule has 0 bridgehead atoms. The number of hydrogen-bond donors (Lipinski definition) is 0. The van der Waals surface area contributed by atoms with Gasteiger partial charge in [-0.15, -0.1) is 6.58 Å². The van der Waals surface area contributed by atoms with E-state index in [0.29, 0.717) is 16.6 Å². The first-order valence-corrected chi connectivity index (χ1v) is 10.9. The molecule has 2 aliphatic rings. The summed E-state index contributed by atoms with van der Waals surface area (Å²) in [5.41, 5.74) is 1.78. The van der Waals surface area contributed by atoms with Crippen LogP contribution >= 0.6 is 23.5 Å². The van der Waals surface area contributed by atoms with Gasteiger partial charge in [0.25, 0.3) is 5.91 Å². The van der Waals surface area contributed by atoms with Crippen molar-refractivity contribution in [2.45, 2.75) is 4.90 Å². The van der Waals surface area contributed by atoms with Crippen molar-refractivity contribution in [3.8, 4) is 11.5 Å². The van der Waals surface area contributed by atoms with E-state index in [1.165, 1.54) is 11.8 Å². The lowest BCUT2D eigenvalue weighted by Crippen LogP contribution is -2.29. The summed E-state index contributed by atoms with van der Waals surface area (Å²) in [5, 5.41) is 1.53. The largest absolute Gasteiger partial charge is 0.497 e. The van der Waals surface area contributed by atoms with Gasteiger partial charge in [0.05, 0.1) is 30.6 Å². The van der Waals surface area contributed by atoms with Crippen LogP contribution in [0.25, 0.3) is 0 Å². The maximum absolute atomic E-state index is 13.2. The molecular weight excluding hydrogens is 418 g/mol. The zero-order valence-corrected chi connectivity index (χ0v) is 18.5. The maximum Gasteiger partial charge on any atom is 0.269 e. The van der Waals surface area contributed by atoms with E-state index in [0.717, 1.165) is 32.8 Å². The topological polar surface area (TPSA) is 54.4 Å². The van der Waals surface area contributed by atoms with Gasteiger partial charge < -0.3 is 14.4 Å². The molecule has 1 fully saturated rings. The molecule has 0 N–H and O–H groups in total. The Hall–Kier alpha value is -2.84. The number of amides is 1. The summed E-state index contributed by atoms with van der Waals surface area (Å²) in [4.78, 5) is 23.4. The third-order valence-corrected chi connectivity index (χ3v) is 7.14. The van der Waals surface area contributed by atoms with Gasteiger partial charge in [0.1, 0.15) is 16.4 Å². The lowest BCUT2D eigenvalue weighted by molar-refractivity contribution is -0.121. The number of amidine groups is 1. The molecule has 0 saturated carbocycles. The Kier molecular flexibility index (Phi) is 5.78. The van der Waals surface area contributed by atoms with Gasteiger partial charge in [-0.2, -0.15) is 0 Å². The number of benzene rings is 2. The Labute approximate surface area is 184 Å². The summed E-state index contributed by atoms with van der Waals surface area (Å²) in [7, 11) is 5.24. The van der Waals surface area contributed by atoms with Gasteiger partial charge in [-0.05, 0) is 48.2 Å². The predicted molar refractivity (Wildman–Crippen MR) is 124 cm³/mol. The number of hydrogen-bond acceptors (Lipinski definition) is 7. The van der Waals surface area contributed by atoms with Crippen molar-refractivity contribution in [2.24, 2.45) is 4.99 Å². The minimum Gasteiger partial charge on any atom is -0.497 e. The second-order valence-electron chi connectivity index (χ2n) is 6.53. The number of carbonyl (C=O) groups excluding carboxylic acids is 1. The van der Waals surface area contributed by atoms with Crippen molar-refractivity contribution in [1.82, 2.24) is 4.90 Å². The van der Waals surface area contributed by atoms with Crippen LogP contribution in [0.1, 0.15) is 0 Å². The Bertz CT molecular complexity index is 1060. The normalized spacial score (nSPS) is 19.4. The highest BCUT2D eigenvalue weighted by atomic mass is 32.2. The molecule has 2 aromatic carbocycles. The molecule has 4 rings (SSSR count). The smallest absolute Gasteiger partial charge is 0.269 e. The van der Waals surface area contributed by atoms with Crippen LogP contribution in [0.3, 0.4) is 0 Å². The van der Waals surface area contributed by atoms with Gasteiger partial charge in [-0.3, -0.25) is 9.69 Å². The van der Waals surface area contributed by atoms with Crippen molar-refractivity contribution in [3.63, 3.8) is 0 Å². The number of thioether (sulfide) groups is 2. The lowest BCUT2D eigenvalue weighted by Gasteiger charge is -2.15. The Morgan fingerprint density at radius 3 is 2.43 bits per heavy atom. The highest BCUT2D eigenvalue weighted by molar-refractivity contribution is 8.19. The number of ether oxygens (including phenoxy) is 2. The molecule has 2 aromatic rings. The van der Waals surface area contributed by atoms with Crippen LogP contribution in [-0.2, 0) is 4.79 Å². The van der Waals surface area contributed by atoms with E-state index in [4.69, 9.17) is 14.5 Å². The van der Waals surface area contributed by atoms with E-state index >= 15 is 0 Å². The van der Waals surface area contributed by atoms with Crippen molar-refractivity contribution in [2.75, 3.05) is 32.7 Å². The molecule has 0 atom stereocenters. The Balaban J connectivity index is 1.70. The van der Waals surface area contributed by atoms with E-state index < -0.39 is 0 Å². The first-order valence-electron chi connectivity index (χ1n) is 9.23. The van der Waals surface area contributed by atoms with Gasteiger partial charge in [-0.25, -0.2) is 4.99 Å². The summed E-state index contributed by atoms with van der Waals surface area (Å²) in [5.74, 6) is 1.48. The first-order chi connectivity index (χ1) is 14.5. The van der Waals surface area contributed by atoms with Crippen LogP contribution < -0.4 is 14.4 Å². The van der Waals surface area contributed by atoms with Crippen LogP contribution in [0.2, 0.25) is 0 Å². The summed E-state index contributed by atoms with van der Waals surface area (Å²) in [6.07, 6.45) is 1.71. The Morgan fingerprint density at radius 1 is 1.07 bits per heavy atom. The predicted octanol–water partition coefficient (Wildman–Crippen LogP) is 4.86. The number of anilines is 1. The van der Waals surface area contributed by atoms with Crippen LogP contribution in [-0.4, -0.2) is 43.8 Å². The number of fused-ring (bicyclic) bond motifs is 1. The van der Waals surface area contributed by atoms with Gasteiger partial charge in [0.2, 0.25) is 0 Å². The Morgan fingerprint density at radius 2 is 1.77 bits per heavy atom. The molecule has 30 heavy (non-hydrogen) atoms. The van der Waals surface area contributed by atoms with E-state index in [1.807, 2.05) is 54.4 Å². The van der Waals surface area contributed by atoms with Crippen molar-refractivity contribution in [3.05, 3.63) is 65.1 Å². The number of nitrogens with zero attached hydrogens (tertiary/aromatic N) is 3. The summed E-state index contributed by atoms with van der Waals surface area (Å²) < 4.78 is 10.6. The molecule has 6 nitrogen and oxygen atoms in total. The molecular formula is C22H21N3O3S2. The van der Waals surface area contributed by atoms with E-state index in [2.05, 4.69) is 6.58 Å². The van der Waals surface area contributed by atoms with Crippen molar-refractivity contribution < 1.29 is 14.3 Å². The van der Waals surface area contributed by atoms with Crippen molar-refractivity contribution in [1.29, 1.82) is 0 Å². The molecule has 0 aromatic heterocycles. The van der Waals surface area contributed by atoms with Gasteiger partial charge >= 0.3 is 0 Å². The quantitative estimate of drug-likeness (QED) is 0.490. The molecule has 1 saturated heterocycles. The fourth-order valence-electron chi connectivity index (χ4n) is 3.13. The molecule has 0 aliphatic carbocycles. The zero-order chi connectivity index (χ0) is 21.3. The fourth-order valence-corrected chi connectivity index (χ4v) is 5.46. The fraction of sp³-hybridized carbons (Fsp3) is 0.182. The zero-order valence-electron chi connectivity index (χ0n) is 16.9. The van der Waals surface area contributed by atoms with Crippen LogP contribution in [0.5, 0.6) is 11.5 Å². The van der Waals surface area contributed by atoms with Crippen molar-refractivity contribution >= 4 is 46.0 Å². The summed E-state index contributed by atoms with van der Waals surface area (Å²) in [6.45, 7) is 4.19. The maximum atomic E-state index is 13.2. The van der Waals surface area contributed by atoms with E-state index in [1.54, 1.807) is 37.0 Å². The molecule has 154 valence electrons. The number of aliphatic imine (C=N–C) groups is 1. The summed E-state index contributed by atoms with van der Waals surface area (Å²) in [6, 6.07) is 13.4. The average molecular weight is 440 g/mol. The highest BCUT2D eigenvalue weighted by Crippen LogP contribution is 2.51. The second kappa shape index (κ2) is 8.49. The number of carbonyl (C=O) groups is 1. The molecule has 0 radical (unpaired) electrons. The van der Waals surface area contributed by atoms with Gasteiger partial charge in [0, 0.05) is 24.6 Å². The third kappa shape index (κ3) is 3.68. The van der Waals surface area contributed by atoms with E-state index in [9.17, 15) is 4.79 Å². The monoisotopic (exact) mass is 439 g/mol. The lowest BCUT2D eigenvalue weighted by atomic mass is 10.3. The molecule has 2 aliphatic heterocycles. The summed E-state index contributed by atoms with van der Waals surface area (Å²) >= 11 is 2.97. The second-order valence-corrected chi connectivity index (χ2v) is 8.54. The van der Waals surface area contributed by atoms with Crippen LogP contribution in [0.4, 0.5) is 11.4 Å². The van der Waals surface area contributed by atoms with Crippen LogP contribution in [0, 0.1) is 0 Å². The third-order valence-electron chi connectivity index (χ3n) is 4.71. The van der Waals surface area contributed by atoms with Gasteiger partial charge in [-0.1, -0.05) is 17.8 Å².